The van der Waals surface area contributed by atoms with E-state index in [1.165, 1.54) is 12.1 Å². The van der Waals surface area contributed by atoms with Crippen LogP contribution in [0.15, 0.2) is 59.5 Å². The zero-order valence-corrected chi connectivity index (χ0v) is 22.0. The minimum atomic E-state index is -0.592. The number of anilines is 3. The van der Waals surface area contributed by atoms with Gasteiger partial charge in [-0.15, -0.1) is 4.73 Å². The molecular formula is C28H28ClFN6O3. The van der Waals surface area contributed by atoms with Gasteiger partial charge < -0.3 is 25.1 Å². The number of ether oxygens (including phenoxy) is 1. The van der Waals surface area contributed by atoms with E-state index in [0.29, 0.717) is 17.9 Å². The van der Waals surface area contributed by atoms with Gasteiger partial charge in [0.15, 0.2) is 5.65 Å². The lowest BCUT2D eigenvalue weighted by atomic mass is 10.1. The van der Waals surface area contributed by atoms with E-state index in [4.69, 9.17) is 21.2 Å². The van der Waals surface area contributed by atoms with Crippen LogP contribution >= 0.6 is 11.6 Å². The second kappa shape index (κ2) is 11.2. The van der Waals surface area contributed by atoms with Crippen LogP contribution in [0.5, 0.6) is 0 Å². The van der Waals surface area contributed by atoms with Gasteiger partial charge in [0.1, 0.15) is 12.4 Å². The van der Waals surface area contributed by atoms with Crippen molar-refractivity contribution in [1.82, 2.24) is 20.0 Å². The number of nitrogens with one attached hydrogen (secondary N) is 2. The number of aromatic nitrogens is 3. The van der Waals surface area contributed by atoms with Crippen molar-refractivity contribution < 1.29 is 14.0 Å². The number of rotatable bonds is 7. The Labute approximate surface area is 229 Å². The van der Waals surface area contributed by atoms with Crippen LogP contribution in [0.25, 0.3) is 22.2 Å². The molecule has 1 atom stereocenters. The van der Waals surface area contributed by atoms with Crippen LogP contribution in [-0.2, 0) is 4.74 Å². The SMILES string of the molecule is O=c1c(-c2c(F)cccc2Cl)cc2cnc(Nc3ccc(N4CCOCC4)cc3)nc2n1OC[C@H]1CCNC1. The third kappa shape index (κ3) is 5.40. The first-order valence-electron chi connectivity index (χ1n) is 13.0. The highest BCUT2D eigenvalue weighted by Crippen LogP contribution is 2.30. The number of nitrogens with zero attached hydrogens (tertiary/aromatic N) is 4. The highest BCUT2D eigenvalue weighted by molar-refractivity contribution is 6.33. The molecule has 2 fully saturated rings. The molecular weight excluding hydrogens is 523 g/mol. The minimum Gasteiger partial charge on any atom is -0.408 e. The van der Waals surface area contributed by atoms with Gasteiger partial charge in [0, 0.05) is 54.1 Å². The number of fused-ring (bicyclic) bond motifs is 1. The van der Waals surface area contributed by atoms with Crippen molar-refractivity contribution in [3.05, 3.63) is 75.9 Å². The number of morpholine rings is 1. The summed E-state index contributed by atoms with van der Waals surface area (Å²) in [5.41, 5.74) is 1.76. The first-order chi connectivity index (χ1) is 19.1. The summed E-state index contributed by atoms with van der Waals surface area (Å²) in [6.45, 7) is 5.16. The Hall–Kier alpha value is -3.73. The molecule has 6 rings (SSSR count). The zero-order valence-electron chi connectivity index (χ0n) is 21.2. The summed E-state index contributed by atoms with van der Waals surface area (Å²) in [6, 6.07) is 13.9. The molecule has 2 aliphatic heterocycles. The zero-order chi connectivity index (χ0) is 26.8. The molecule has 2 saturated heterocycles. The summed E-state index contributed by atoms with van der Waals surface area (Å²) in [4.78, 5) is 31.0. The molecule has 0 radical (unpaired) electrons. The van der Waals surface area contributed by atoms with Crippen molar-refractivity contribution in [1.29, 1.82) is 0 Å². The molecule has 2 aliphatic rings. The monoisotopic (exact) mass is 550 g/mol. The van der Waals surface area contributed by atoms with Gasteiger partial charge in [-0.3, -0.25) is 4.79 Å². The number of hydrogen-bond acceptors (Lipinski definition) is 8. The van der Waals surface area contributed by atoms with Gasteiger partial charge in [-0.2, -0.15) is 4.98 Å². The van der Waals surface area contributed by atoms with Crippen LogP contribution in [0.1, 0.15) is 6.42 Å². The average molecular weight is 551 g/mol. The maximum absolute atomic E-state index is 14.8. The molecule has 2 aromatic heterocycles. The molecule has 39 heavy (non-hydrogen) atoms. The lowest BCUT2D eigenvalue weighted by molar-refractivity contribution is 0.0857. The molecule has 2 aromatic carbocycles. The lowest BCUT2D eigenvalue weighted by Crippen LogP contribution is -2.36. The van der Waals surface area contributed by atoms with Gasteiger partial charge in [-0.05, 0) is 55.4 Å². The highest BCUT2D eigenvalue weighted by atomic mass is 35.5. The predicted octanol–water partition coefficient (Wildman–Crippen LogP) is 3.87. The smallest absolute Gasteiger partial charge is 0.293 e. The molecule has 0 aliphatic carbocycles. The van der Waals surface area contributed by atoms with E-state index in [2.05, 4.69) is 25.5 Å². The first-order valence-corrected chi connectivity index (χ1v) is 13.4. The Morgan fingerprint density at radius 2 is 2.00 bits per heavy atom. The second-order valence-electron chi connectivity index (χ2n) is 9.65. The summed E-state index contributed by atoms with van der Waals surface area (Å²) in [6.07, 6.45) is 2.52. The molecule has 4 aromatic rings. The lowest BCUT2D eigenvalue weighted by Gasteiger charge is -2.28. The molecule has 2 N–H and O–H groups in total. The fourth-order valence-electron chi connectivity index (χ4n) is 4.93. The summed E-state index contributed by atoms with van der Waals surface area (Å²) in [5, 5.41) is 7.15. The van der Waals surface area contributed by atoms with Crippen molar-refractivity contribution in [2.24, 2.45) is 5.92 Å². The predicted molar refractivity (Wildman–Crippen MR) is 149 cm³/mol. The molecule has 11 heteroatoms. The molecule has 0 unspecified atom stereocenters. The Kier molecular flexibility index (Phi) is 7.32. The van der Waals surface area contributed by atoms with E-state index in [0.717, 1.165) is 61.9 Å². The van der Waals surface area contributed by atoms with Crippen LogP contribution in [0.3, 0.4) is 0 Å². The van der Waals surface area contributed by atoms with E-state index in [9.17, 15) is 9.18 Å². The second-order valence-corrected chi connectivity index (χ2v) is 10.1. The van der Waals surface area contributed by atoms with Crippen molar-refractivity contribution in [3.63, 3.8) is 0 Å². The van der Waals surface area contributed by atoms with Crippen molar-refractivity contribution in [3.8, 4) is 11.1 Å². The van der Waals surface area contributed by atoms with Gasteiger partial charge in [-0.1, -0.05) is 17.7 Å². The van der Waals surface area contributed by atoms with Crippen LogP contribution in [0.2, 0.25) is 5.02 Å². The Morgan fingerprint density at radius 3 is 2.74 bits per heavy atom. The molecule has 4 heterocycles. The summed E-state index contributed by atoms with van der Waals surface area (Å²) >= 11 is 6.31. The van der Waals surface area contributed by atoms with E-state index in [-0.39, 0.29) is 27.7 Å². The van der Waals surface area contributed by atoms with Crippen molar-refractivity contribution >= 4 is 40.0 Å². The molecule has 9 nitrogen and oxygen atoms in total. The maximum atomic E-state index is 14.8. The number of halogens is 2. The van der Waals surface area contributed by atoms with Gasteiger partial charge in [-0.25, -0.2) is 9.37 Å². The van der Waals surface area contributed by atoms with Crippen LogP contribution in [-0.4, -0.2) is 60.7 Å². The van der Waals surface area contributed by atoms with Crippen molar-refractivity contribution in [2.75, 3.05) is 56.2 Å². The molecule has 0 spiro atoms. The number of hydrogen-bond donors (Lipinski definition) is 2. The molecule has 0 bridgehead atoms. The largest absolute Gasteiger partial charge is 0.408 e. The third-order valence-corrected chi connectivity index (χ3v) is 7.35. The fraction of sp³-hybridized carbons (Fsp3) is 0.321. The summed E-state index contributed by atoms with van der Waals surface area (Å²) < 4.78 is 21.4. The van der Waals surface area contributed by atoms with E-state index >= 15 is 0 Å². The fourth-order valence-corrected chi connectivity index (χ4v) is 5.19. The Bertz CT molecular complexity index is 1520. The van der Waals surface area contributed by atoms with Gasteiger partial charge in [0.25, 0.3) is 5.56 Å². The van der Waals surface area contributed by atoms with Crippen LogP contribution in [0.4, 0.5) is 21.7 Å². The highest BCUT2D eigenvalue weighted by Gasteiger charge is 2.21. The van der Waals surface area contributed by atoms with E-state index in [1.54, 1.807) is 18.3 Å². The molecule has 202 valence electrons. The quantitative estimate of drug-likeness (QED) is 0.358. The third-order valence-electron chi connectivity index (χ3n) is 7.04. The van der Waals surface area contributed by atoms with E-state index in [1.807, 2.05) is 24.3 Å². The van der Waals surface area contributed by atoms with Crippen LogP contribution in [0, 0.1) is 11.7 Å². The Morgan fingerprint density at radius 1 is 1.18 bits per heavy atom. The number of benzene rings is 2. The normalized spacial score (nSPS) is 17.5. The minimum absolute atomic E-state index is 0.0218. The van der Waals surface area contributed by atoms with E-state index < -0.39 is 11.4 Å². The molecule has 0 saturated carbocycles. The Balaban J connectivity index is 1.35. The molecule has 0 amide bonds. The van der Waals surface area contributed by atoms with Crippen molar-refractivity contribution in [2.45, 2.75) is 6.42 Å². The first kappa shape index (κ1) is 25.5. The van der Waals surface area contributed by atoms with Gasteiger partial charge >= 0.3 is 0 Å². The van der Waals surface area contributed by atoms with Gasteiger partial charge in [0.05, 0.1) is 23.8 Å². The summed E-state index contributed by atoms with van der Waals surface area (Å²) in [7, 11) is 0. The van der Waals surface area contributed by atoms with Gasteiger partial charge in [0.2, 0.25) is 5.95 Å². The summed E-state index contributed by atoms with van der Waals surface area (Å²) in [5.74, 6) is -0.0418. The number of pyridine rings is 1. The average Bonchev–Trinajstić information content (AvgIpc) is 3.48. The maximum Gasteiger partial charge on any atom is 0.293 e. The topological polar surface area (TPSA) is 93.5 Å². The standard InChI is InChI=1S/C28H28ClFN6O3/c29-23-2-1-3-24(30)25(23)22-14-19-16-32-28(33-20-4-6-21(7-5-20)35-10-12-38-13-11-35)34-26(19)36(27(22)37)39-17-18-8-9-31-15-18/h1-7,14,16,18,31H,8-13,15,17H2,(H,32,33,34)/t18-/m0/s1. The van der Waals surface area contributed by atoms with Crippen LogP contribution < -0.4 is 25.9 Å².